The van der Waals surface area contributed by atoms with E-state index in [9.17, 15) is 4.79 Å². The number of carbonyl (C=O) groups excluding carboxylic acids is 1. The Morgan fingerprint density at radius 1 is 0.966 bits per heavy atom. The average molecular weight is 395 g/mol. The van der Waals surface area contributed by atoms with Crippen LogP contribution in [0.4, 0.5) is 0 Å². The Labute approximate surface area is 173 Å². The molecule has 2 aromatic carbocycles. The van der Waals surface area contributed by atoms with Gasteiger partial charge in [0.1, 0.15) is 17.2 Å². The molecule has 2 aromatic rings. The van der Waals surface area contributed by atoms with Crippen LogP contribution in [0.3, 0.4) is 0 Å². The molecule has 0 N–H and O–H groups in total. The largest absolute Gasteiger partial charge is 0.494 e. The number of benzene rings is 2. The quantitative estimate of drug-likeness (QED) is 0.255. The van der Waals surface area contributed by atoms with Gasteiger partial charge in [0.25, 0.3) is 0 Å². The second-order valence-electron chi connectivity index (χ2n) is 6.42. The van der Waals surface area contributed by atoms with E-state index in [-0.39, 0.29) is 5.78 Å². The molecule has 0 aliphatic carbocycles. The first-order valence-corrected chi connectivity index (χ1v) is 10.1. The highest BCUT2D eigenvalue weighted by molar-refractivity contribution is 6.06. The predicted molar refractivity (Wildman–Crippen MR) is 118 cm³/mol. The normalized spacial score (nSPS) is 10.7. The number of carbonyl (C=O) groups is 1. The molecule has 0 unspecified atom stereocenters. The summed E-state index contributed by atoms with van der Waals surface area (Å²) in [4.78, 5) is 12.5. The predicted octanol–water partition coefficient (Wildman–Crippen LogP) is 5.90. The van der Waals surface area contributed by atoms with Crippen LogP contribution in [0.1, 0.15) is 48.7 Å². The van der Waals surface area contributed by atoms with Crippen molar-refractivity contribution in [2.75, 3.05) is 19.8 Å². The third kappa shape index (κ3) is 6.53. The van der Waals surface area contributed by atoms with Gasteiger partial charge in [-0.15, -0.1) is 6.58 Å². The summed E-state index contributed by atoms with van der Waals surface area (Å²) < 4.78 is 17.1. The van der Waals surface area contributed by atoms with Crippen molar-refractivity contribution in [2.24, 2.45) is 0 Å². The van der Waals surface area contributed by atoms with Crippen LogP contribution in [0, 0.1) is 0 Å². The highest BCUT2D eigenvalue weighted by Crippen LogP contribution is 2.32. The molecule has 0 fully saturated rings. The van der Waals surface area contributed by atoms with Crippen molar-refractivity contribution < 1.29 is 19.0 Å². The molecule has 0 saturated carbocycles. The Morgan fingerprint density at radius 3 is 2.10 bits per heavy atom. The van der Waals surface area contributed by atoms with E-state index in [2.05, 4.69) is 13.5 Å². The van der Waals surface area contributed by atoms with Crippen LogP contribution in [0.25, 0.3) is 6.08 Å². The molecular formula is C25H30O4. The summed E-state index contributed by atoms with van der Waals surface area (Å²) in [5.74, 6) is 2.21. The van der Waals surface area contributed by atoms with Gasteiger partial charge in [-0.3, -0.25) is 4.79 Å². The second-order valence-corrected chi connectivity index (χ2v) is 6.42. The minimum Gasteiger partial charge on any atom is -0.494 e. The number of ketones is 1. The van der Waals surface area contributed by atoms with Crippen molar-refractivity contribution in [1.29, 1.82) is 0 Å². The highest BCUT2D eigenvalue weighted by atomic mass is 16.5. The monoisotopic (exact) mass is 394 g/mol. The molecule has 0 spiro atoms. The van der Waals surface area contributed by atoms with Gasteiger partial charge in [0, 0.05) is 11.1 Å². The summed E-state index contributed by atoms with van der Waals surface area (Å²) in [5.41, 5.74) is 2.43. The van der Waals surface area contributed by atoms with Crippen LogP contribution in [0.5, 0.6) is 17.2 Å². The molecule has 0 amide bonds. The zero-order chi connectivity index (χ0) is 21.1. The molecule has 0 heterocycles. The molecule has 29 heavy (non-hydrogen) atoms. The van der Waals surface area contributed by atoms with Crippen LogP contribution in [-0.4, -0.2) is 25.6 Å². The van der Waals surface area contributed by atoms with Crippen molar-refractivity contribution in [3.05, 3.63) is 71.8 Å². The third-order valence-electron chi connectivity index (χ3n) is 4.18. The van der Waals surface area contributed by atoms with E-state index >= 15 is 0 Å². The fraction of sp³-hybridized carbons (Fsp3) is 0.320. The third-order valence-corrected chi connectivity index (χ3v) is 4.18. The Balaban J connectivity index is 2.23. The summed E-state index contributed by atoms with van der Waals surface area (Å²) >= 11 is 0. The number of ether oxygens (including phenoxy) is 3. The lowest BCUT2D eigenvalue weighted by atomic mass is 10.0. The molecule has 0 atom stereocenters. The highest BCUT2D eigenvalue weighted by Gasteiger charge is 2.12. The molecule has 0 aromatic heterocycles. The Kier molecular flexibility index (Phi) is 9.03. The number of rotatable bonds is 12. The molecule has 0 bridgehead atoms. The molecule has 4 nitrogen and oxygen atoms in total. The lowest BCUT2D eigenvalue weighted by Crippen LogP contribution is -2.02. The van der Waals surface area contributed by atoms with E-state index in [0.717, 1.165) is 34.8 Å². The van der Waals surface area contributed by atoms with E-state index in [1.807, 2.05) is 44.2 Å². The van der Waals surface area contributed by atoms with Crippen molar-refractivity contribution in [3.8, 4) is 17.2 Å². The first-order valence-electron chi connectivity index (χ1n) is 10.1. The standard InChI is InChI=1S/C25H30O4/c1-5-9-22-24(27-7-3)17-19(18-25(22)28-8-4)10-15-23(26)20-11-13-21(14-12-20)29-16-6-2/h5,10-15,17-18H,1,6-9,16H2,2-4H3/b15-10+. The fourth-order valence-corrected chi connectivity index (χ4v) is 2.85. The summed E-state index contributed by atoms with van der Waals surface area (Å²) in [6, 6.07) is 11.1. The minimum atomic E-state index is -0.0712. The lowest BCUT2D eigenvalue weighted by Gasteiger charge is -2.15. The molecular weight excluding hydrogens is 364 g/mol. The van der Waals surface area contributed by atoms with E-state index in [0.29, 0.717) is 31.8 Å². The van der Waals surface area contributed by atoms with Crippen molar-refractivity contribution >= 4 is 11.9 Å². The van der Waals surface area contributed by atoms with Gasteiger partial charge in [0.05, 0.1) is 19.8 Å². The van der Waals surface area contributed by atoms with Gasteiger partial charge in [-0.05, 0) is 74.7 Å². The summed E-state index contributed by atoms with van der Waals surface area (Å²) in [5, 5.41) is 0. The average Bonchev–Trinajstić information content (AvgIpc) is 2.73. The maximum atomic E-state index is 12.5. The zero-order valence-corrected chi connectivity index (χ0v) is 17.6. The van der Waals surface area contributed by atoms with Gasteiger partial charge in [-0.25, -0.2) is 0 Å². The SMILES string of the molecule is C=CCc1c(OCC)cc(/C=C/C(=O)c2ccc(OCCC)cc2)cc1OCC. The van der Waals surface area contributed by atoms with Crippen LogP contribution in [0.2, 0.25) is 0 Å². The topological polar surface area (TPSA) is 44.8 Å². The smallest absolute Gasteiger partial charge is 0.185 e. The van der Waals surface area contributed by atoms with Crippen molar-refractivity contribution in [2.45, 2.75) is 33.6 Å². The van der Waals surface area contributed by atoms with Gasteiger partial charge in [-0.1, -0.05) is 19.1 Å². The van der Waals surface area contributed by atoms with Crippen molar-refractivity contribution in [1.82, 2.24) is 0 Å². The Morgan fingerprint density at radius 2 is 1.59 bits per heavy atom. The van der Waals surface area contributed by atoms with Gasteiger partial charge in [0.15, 0.2) is 5.78 Å². The Hall–Kier alpha value is -3.01. The first-order chi connectivity index (χ1) is 14.1. The van der Waals surface area contributed by atoms with Crippen LogP contribution < -0.4 is 14.2 Å². The second kappa shape index (κ2) is 11.7. The Bertz CT molecular complexity index is 807. The van der Waals surface area contributed by atoms with Gasteiger partial charge >= 0.3 is 0 Å². The van der Waals surface area contributed by atoms with Gasteiger partial charge < -0.3 is 14.2 Å². The molecule has 0 radical (unpaired) electrons. The van der Waals surface area contributed by atoms with E-state index in [4.69, 9.17) is 14.2 Å². The molecule has 0 aliphatic heterocycles. The molecule has 0 saturated heterocycles. The minimum absolute atomic E-state index is 0.0712. The molecule has 2 rings (SSSR count). The van der Waals surface area contributed by atoms with E-state index < -0.39 is 0 Å². The molecule has 0 aliphatic rings. The van der Waals surface area contributed by atoms with Gasteiger partial charge in [-0.2, -0.15) is 0 Å². The maximum Gasteiger partial charge on any atom is 0.185 e. The zero-order valence-electron chi connectivity index (χ0n) is 17.6. The number of allylic oxidation sites excluding steroid dienone is 2. The van der Waals surface area contributed by atoms with Crippen LogP contribution in [-0.2, 0) is 6.42 Å². The van der Waals surface area contributed by atoms with Crippen LogP contribution in [0.15, 0.2) is 55.1 Å². The number of hydrogen-bond acceptors (Lipinski definition) is 4. The van der Waals surface area contributed by atoms with Gasteiger partial charge in [0.2, 0.25) is 0 Å². The van der Waals surface area contributed by atoms with E-state index in [1.54, 1.807) is 24.3 Å². The first kappa shape index (κ1) is 22.3. The fourth-order valence-electron chi connectivity index (χ4n) is 2.85. The van der Waals surface area contributed by atoms with Crippen LogP contribution >= 0.6 is 0 Å². The molecule has 4 heteroatoms. The summed E-state index contributed by atoms with van der Waals surface area (Å²) in [6.45, 7) is 11.5. The lowest BCUT2D eigenvalue weighted by molar-refractivity contribution is 0.104. The summed E-state index contributed by atoms with van der Waals surface area (Å²) in [7, 11) is 0. The van der Waals surface area contributed by atoms with Crippen molar-refractivity contribution in [3.63, 3.8) is 0 Å². The number of hydrogen-bond donors (Lipinski definition) is 0. The summed E-state index contributed by atoms with van der Waals surface area (Å²) in [6.07, 6.45) is 6.78. The van der Waals surface area contributed by atoms with E-state index in [1.165, 1.54) is 0 Å². The maximum absolute atomic E-state index is 12.5. The molecule has 154 valence electrons.